The summed E-state index contributed by atoms with van der Waals surface area (Å²) in [4.78, 5) is 0. The van der Waals surface area contributed by atoms with Crippen molar-refractivity contribution in [1.29, 1.82) is 0 Å². The van der Waals surface area contributed by atoms with Gasteiger partial charge in [-0.2, -0.15) is 0 Å². The Balaban J connectivity index is 1.96. The topological polar surface area (TPSA) is 18.5 Å². The summed E-state index contributed by atoms with van der Waals surface area (Å²) < 4.78 is 11.4. The molecule has 0 amide bonds. The van der Waals surface area contributed by atoms with Gasteiger partial charge in [0.05, 0.1) is 6.10 Å². The van der Waals surface area contributed by atoms with Gasteiger partial charge >= 0.3 is 0 Å². The summed E-state index contributed by atoms with van der Waals surface area (Å²) in [5, 5.41) is 0. The van der Waals surface area contributed by atoms with E-state index >= 15 is 0 Å². The molecule has 2 aliphatic carbocycles. The normalized spacial score (nSPS) is 36.1. The Kier molecular flexibility index (Phi) is 5.71. The van der Waals surface area contributed by atoms with E-state index in [4.69, 9.17) is 9.47 Å². The highest BCUT2D eigenvalue weighted by molar-refractivity contribution is 4.92. The SMILES string of the molecule is C=CC[C@H]1CCC[C@H]2CCC[C@@H](OCOCC)[C@@H]21. The molecule has 0 spiro atoms. The number of hydrogen-bond acceptors (Lipinski definition) is 2. The quantitative estimate of drug-likeness (QED) is 0.401. The minimum atomic E-state index is 0.431. The van der Waals surface area contributed by atoms with Crippen LogP contribution in [0.1, 0.15) is 51.9 Å². The smallest absolute Gasteiger partial charge is 0.147 e. The maximum Gasteiger partial charge on any atom is 0.147 e. The van der Waals surface area contributed by atoms with E-state index in [-0.39, 0.29) is 0 Å². The van der Waals surface area contributed by atoms with E-state index in [9.17, 15) is 0 Å². The predicted molar refractivity (Wildman–Crippen MR) is 74.4 cm³/mol. The van der Waals surface area contributed by atoms with Crippen molar-refractivity contribution in [1.82, 2.24) is 0 Å². The second-order valence-corrected chi connectivity index (χ2v) is 5.80. The monoisotopic (exact) mass is 252 g/mol. The van der Waals surface area contributed by atoms with Crippen LogP contribution in [0.5, 0.6) is 0 Å². The summed E-state index contributed by atoms with van der Waals surface area (Å²) in [6.07, 6.45) is 11.8. The molecule has 0 aromatic heterocycles. The Hall–Kier alpha value is -0.340. The zero-order valence-corrected chi connectivity index (χ0v) is 11.8. The summed E-state index contributed by atoms with van der Waals surface area (Å²) in [5.41, 5.74) is 0. The lowest BCUT2D eigenvalue weighted by Crippen LogP contribution is -2.42. The molecule has 0 unspecified atom stereocenters. The molecule has 2 nitrogen and oxygen atoms in total. The molecule has 0 bridgehead atoms. The summed E-state index contributed by atoms with van der Waals surface area (Å²) in [6.45, 7) is 7.17. The first-order chi connectivity index (χ1) is 8.86. The summed E-state index contributed by atoms with van der Waals surface area (Å²) >= 11 is 0. The van der Waals surface area contributed by atoms with Crippen molar-refractivity contribution < 1.29 is 9.47 Å². The summed E-state index contributed by atoms with van der Waals surface area (Å²) in [6, 6.07) is 0. The maximum absolute atomic E-state index is 6.01. The zero-order chi connectivity index (χ0) is 12.8. The molecule has 0 aliphatic heterocycles. The van der Waals surface area contributed by atoms with E-state index in [2.05, 4.69) is 12.7 Å². The van der Waals surface area contributed by atoms with Gasteiger partial charge in [0.2, 0.25) is 0 Å². The van der Waals surface area contributed by atoms with E-state index in [1.54, 1.807) is 0 Å². The maximum atomic E-state index is 6.01. The predicted octanol–water partition coefficient (Wildman–Crippen LogP) is 4.16. The van der Waals surface area contributed by atoms with Gasteiger partial charge in [-0.1, -0.05) is 25.3 Å². The van der Waals surface area contributed by atoms with Gasteiger partial charge in [-0.3, -0.25) is 0 Å². The van der Waals surface area contributed by atoms with Crippen molar-refractivity contribution in [3.8, 4) is 0 Å². The Bertz CT molecular complexity index is 249. The van der Waals surface area contributed by atoms with E-state index in [0.717, 1.165) is 30.8 Å². The van der Waals surface area contributed by atoms with E-state index in [0.29, 0.717) is 12.9 Å². The number of fused-ring (bicyclic) bond motifs is 1. The van der Waals surface area contributed by atoms with E-state index in [1.807, 2.05) is 6.92 Å². The highest BCUT2D eigenvalue weighted by Gasteiger charge is 2.40. The molecule has 2 saturated carbocycles. The second kappa shape index (κ2) is 7.30. The van der Waals surface area contributed by atoms with Gasteiger partial charge in [-0.05, 0) is 50.4 Å². The van der Waals surface area contributed by atoms with Crippen LogP contribution in [0.2, 0.25) is 0 Å². The molecule has 0 radical (unpaired) electrons. The highest BCUT2D eigenvalue weighted by Crippen LogP contribution is 2.46. The molecule has 0 aromatic carbocycles. The van der Waals surface area contributed by atoms with Crippen molar-refractivity contribution in [2.75, 3.05) is 13.4 Å². The van der Waals surface area contributed by atoms with Crippen LogP contribution in [0.3, 0.4) is 0 Å². The van der Waals surface area contributed by atoms with Gasteiger partial charge in [0.25, 0.3) is 0 Å². The fourth-order valence-corrected chi connectivity index (χ4v) is 4.03. The van der Waals surface area contributed by atoms with Crippen LogP contribution < -0.4 is 0 Å². The van der Waals surface area contributed by atoms with Gasteiger partial charge in [0.1, 0.15) is 6.79 Å². The van der Waals surface area contributed by atoms with Gasteiger partial charge in [-0.25, -0.2) is 0 Å². The largest absolute Gasteiger partial charge is 0.356 e. The molecule has 104 valence electrons. The molecular formula is C16H28O2. The van der Waals surface area contributed by atoms with Crippen LogP contribution >= 0.6 is 0 Å². The van der Waals surface area contributed by atoms with Crippen LogP contribution in [0.25, 0.3) is 0 Å². The third-order valence-electron chi connectivity index (χ3n) is 4.77. The molecule has 2 rings (SSSR count). The van der Waals surface area contributed by atoms with Crippen molar-refractivity contribution in [3.63, 3.8) is 0 Å². The molecule has 2 heteroatoms. The van der Waals surface area contributed by atoms with Crippen molar-refractivity contribution in [3.05, 3.63) is 12.7 Å². The van der Waals surface area contributed by atoms with Crippen molar-refractivity contribution in [2.45, 2.75) is 58.0 Å². The van der Waals surface area contributed by atoms with Crippen molar-refractivity contribution >= 4 is 0 Å². The number of hydrogen-bond donors (Lipinski definition) is 0. The van der Waals surface area contributed by atoms with Gasteiger partial charge in [0.15, 0.2) is 0 Å². The standard InChI is InChI=1S/C16H28O2/c1-3-7-13-8-5-9-14-10-6-11-15(16(13)14)18-12-17-4-2/h3,13-16H,1,4-12H2,2H3/t13-,14-,15+,16+/m0/s1. The Morgan fingerprint density at radius 1 is 1.17 bits per heavy atom. The molecular weight excluding hydrogens is 224 g/mol. The van der Waals surface area contributed by atoms with Crippen molar-refractivity contribution in [2.24, 2.45) is 17.8 Å². The first-order valence-electron chi connectivity index (χ1n) is 7.67. The molecule has 0 N–H and O–H groups in total. The first kappa shape index (κ1) is 14.1. The van der Waals surface area contributed by atoms with E-state index in [1.165, 1.54) is 38.5 Å². The molecule has 4 atom stereocenters. The zero-order valence-electron chi connectivity index (χ0n) is 11.8. The second-order valence-electron chi connectivity index (χ2n) is 5.80. The molecule has 18 heavy (non-hydrogen) atoms. The van der Waals surface area contributed by atoms with Crippen LogP contribution in [0, 0.1) is 17.8 Å². The van der Waals surface area contributed by atoms with Crippen LogP contribution in [0.15, 0.2) is 12.7 Å². The first-order valence-corrected chi connectivity index (χ1v) is 7.67. The Labute approximate surface area is 112 Å². The third-order valence-corrected chi connectivity index (χ3v) is 4.77. The summed E-state index contributed by atoms with van der Waals surface area (Å²) in [7, 11) is 0. The average Bonchev–Trinajstić information content (AvgIpc) is 2.40. The third kappa shape index (κ3) is 3.36. The molecule has 0 aromatic rings. The lowest BCUT2D eigenvalue weighted by Gasteiger charge is -2.45. The number of ether oxygens (including phenoxy) is 2. The average molecular weight is 252 g/mol. The fraction of sp³-hybridized carbons (Fsp3) is 0.875. The number of rotatable bonds is 6. The van der Waals surface area contributed by atoms with Gasteiger partial charge in [-0.15, -0.1) is 6.58 Å². The van der Waals surface area contributed by atoms with Gasteiger partial charge < -0.3 is 9.47 Å². The van der Waals surface area contributed by atoms with E-state index < -0.39 is 0 Å². The van der Waals surface area contributed by atoms with Gasteiger partial charge in [0, 0.05) is 6.61 Å². The molecule has 2 fully saturated rings. The van der Waals surface area contributed by atoms with Crippen LogP contribution in [-0.4, -0.2) is 19.5 Å². The van der Waals surface area contributed by atoms with Crippen LogP contribution in [0.4, 0.5) is 0 Å². The molecule has 0 saturated heterocycles. The molecule has 2 aliphatic rings. The lowest BCUT2D eigenvalue weighted by atomic mass is 9.63. The summed E-state index contributed by atoms with van der Waals surface area (Å²) in [5.74, 6) is 2.45. The fourth-order valence-electron chi connectivity index (χ4n) is 4.03. The number of allylic oxidation sites excluding steroid dienone is 1. The highest BCUT2D eigenvalue weighted by atomic mass is 16.7. The minimum Gasteiger partial charge on any atom is -0.356 e. The van der Waals surface area contributed by atoms with Crippen LogP contribution in [-0.2, 0) is 9.47 Å². The lowest BCUT2D eigenvalue weighted by molar-refractivity contribution is -0.139. The minimum absolute atomic E-state index is 0.431. The Morgan fingerprint density at radius 2 is 1.94 bits per heavy atom. The molecule has 0 heterocycles. The Morgan fingerprint density at radius 3 is 2.67 bits per heavy atom.